The van der Waals surface area contributed by atoms with Gasteiger partial charge in [0, 0.05) is 30.5 Å². The van der Waals surface area contributed by atoms with Gasteiger partial charge in [-0.05, 0) is 69.0 Å². The van der Waals surface area contributed by atoms with E-state index in [-0.39, 0.29) is 12.0 Å². The first-order valence-electron chi connectivity index (χ1n) is 9.30. The average molecular weight is 353 g/mol. The van der Waals surface area contributed by atoms with Gasteiger partial charge in [0.25, 0.3) is 5.91 Å². The number of benzene rings is 1. The zero-order valence-corrected chi connectivity index (χ0v) is 15.7. The minimum atomic E-state index is 0.0861. The molecule has 0 unspecified atom stereocenters. The number of pyridine rings is 1. The third kappa shape index (κ3) is 4.75. The summed E-state index contributed by atoms with van der Waals surface area (Å²) in [4.78, 5) is 19.0. The van der Waals surface area contributed by atoms with Gasteiger partial charge in [-0.1, -0.05) is 6.92 Å². The number of piperidine rings is 1. The molecule has 1 aromatic heterocycles. The van der Waals surface area contributed by atoms with Crippen LogP contribution in [0.2, 0.25) is 0 Å². The fourth-order valence-corrected chi connectivity index (χ4v) is 3.06. The van der Waals surface area contributed by atoms with Crippen LogP contribution in [0.15, 0.2) is 42.6 Å². The van der Waals surface area contributed by atoms with E-state index in [4.69, 9.17) is 4.74 Å². The number of carbonyl (C=O) groups is 1. The lowest BCUT2D eigenvalue weighted by Gasteiger charge is -2.30. The van der Waals surface area contributed by atoms with Crippen LogP contribution >= 0.6 is 0 Å². The second-order valence-electron chi connectivity index (χ2n) is 7.22. The zero-order valence-electron chi connectivity index (χ0n) is 15.7. The molecule has 0 radical (unpaired) electrons. The van der Waals surface area contributed by atoms with Crippen LogP contribution in [-0.4, -0.2) is 35.0 Å². The monoisotopic (exact) mass is 353 g/mol. The molecule has 5 nitrogen and oxygen atoms in total. The molecule has 1 amide bonds. The van der Waals surface area contributed by atoms with Crippen LogP contribution in [0, 0.1) is 5.92 Å². The van der Waals surface area contributed by atoms with Crippen molar-refractivity contribution in [3.05, 3.63) is 48.2 Å². The molecular formula is C21H27N3O2. The number of carbonyl (C=O) groups excluding carboxylic acids is 1. The molecule has 26 heavy (non-hydrogen) atoms. The number of hydrogen-bond donors (Lipinski definition) is 1. The van der Waals surface area contributed by atoms with Gasteiger partial charge in [-0.15, -0.1) is 0 Å². The summed E-state index contributed by atoms with van der Waals surface area (Å²) in [7, 11) is 0. The minimum absolute atomic E-state index is 0.0861. The first-order valence-corrected chi connectivity index (χ1v) is 9.30. The van der Waals surface area contributed by atoms with E-state index in [9.17, 15) is 4.79 Å². The molecule has 1 saturated heterocycles. The highest BCUT2D eigenvalue weighted by molar-refractivity contribution is 5.95. The van der Waals surface area contributed by atoms with E-state index < -0.39 is 0 Å². The van der Waals surface area contributed by atoms with E-state index in [1.807, 2.05) is 49.1 Å². The Hall–Kier alpha value is -2.56. The zero-order chi connectivity index (χ0) is 18.5. The number of nitrogens with one attached hydrogen (secondary N) is 1. The van der Waals surface area contributed by atoms with Crippen molar-refractivity contribution in [3.8, 4) is 5.75 Å². The van der Waals surface area contributed by atoms with Crippen molar-refractivity contribution in [2.24, 2.45) is 5.92 Å². The fourth-order valence-electron chi connectivity index (χ4n) is 3.06. The lowest BCUT2D eigenvalue weighted by atomic mass is 9.99. The van der Waals surface area contributed by atoms with Gasteiger partial charge in [0.15, 0.2) is 0 Å². The summed E-state index contributed by atoms with van der Waals surface area (Å²) in [5.74, 6) is 2.29. The van der Waals surface area contributed by atoms with E-state index >= 15 is 0 Å². The van der Waals surface area contributed by atoms with E-state index in [2.05, 4.69) is 17.2 Å². The van der Waals surface area contributed by atoms with Crippen molar-refractivity contribution in [2.45, 2.75) is 39.7 Å². The standard InChI is InChI=1S/C21H27N3O2/c1-15(2)26-19-6-4-18(5-7-19)23-20-14-17(8-11-22-20)21(25)24-12-9-16(3)10-13-24/h4-8,11,14-16H,9-10,12-13H2,1-3H3,(H,22,23). The first-order chi connectivity index (χ1) is 12.5. The van der Waals surface area contributed by atoms with Gasteiger partial charge >= 0.3 is 0 Å². The van der Waals surface area contributed by atoms with Gasteiger partial charge in [-0.2, -0.15) is 0 Å². The highest BCUT2D eigenvalue weighted by atomic mass is 16.5. The number of rotatable bonds is 5. The van der Waals surface area contributed by atoms with Crippen molar-refractivity contribution in [3.63, 3.8) is 0 Å². The summed E-state index contributed by atoms with van der Waals surface area (Å²) in [5, 5.41) is 3.25. The Bertz CT molecular complexity index is 735. The lowest BCUT2D eigenvalue weighted by Crippen LogP contribution is -2.37. The molecule has 1 aliphatic heterocycles. The maximum absolute atomic E-state index is 12.7. The van der Waals surface area contributed by atoms with Crippen LogP contribution in [0.3, 0.4) is 0 Å². The molecule has 0 spiro atoms. The summed E-state index contributed by atoms with van der Waals surface area (Å²) in [6.07, 6.45) is 3.98. The Labute approximate surface area is 155 Å². The van der Waals surface area contributed by atoms with Gasteiger partial charge < -0.3 is 15.0 Å². The summed E-state index contributed by atoms with van der Waals surface area (Å²) in [6.45, 7) is 7.92. The fraction of sp³-hybridized carbons (Fsp3) is 0.429. The summed E-state index contributed by atoms with van der Waals surface area (Å²) in [6, 6.07) is 11.3. The Morgan fingerprint density at radius 3 is 2.54 bits per heavy atom. The Morgan fingerprint density at radius 2 is 1.88 bits per heavy atom. The molecule has 2 aromatic rings. The van der Waals surface area contributed by atoms with Crippen molar-refractivity contribution in [2.75, 3.05) is 18.4 Å². The highest BCUT2D eigenvalue weighted by Crippen LogP contribution is 2.22. The molecule has 0 saturated carbocycles. The van der Waals surface area contributed by atoms with Crippen LogP contribution in [0.5, 0.6) is 5.75 Å². The van der Waals surface area contributed by atoms with E-state index in [0.29, 0.717) is 17.3 Å². The lowest BCUT2D eigenvalue weighted by molar-refractivity contribution is 0.0697. The Morgan fingerprint density at radius 1 is 1.19 bits per heavy atom. The third-order valence-corrected chi connectivity index (χ3v) is 4.58. The Kier molecular flexibility index (Phi) is 5.76. The predicted octanol–water partition coefficient (Wildman–Crippen LogP) is 4.48. The summed E-state index contributed by atoms with van der Waals surface area (Å²) < 4.78 is 5.65. The molecule has 1 aromatic carbocycles. The maximum atomic E-state index is 12.7. The normalized spacial score (nSPS) is 15.2. The molecule has 2 heterocycles. The third-order valence-electron chi connectivity index (χ3n) is 4.58. The molecule has 1 aliphatic rings. The van der Waals surface area contributed by atoms with Crippen molar-refractivity contribution in [1.82, 2.24) is 9.88 Å². The predicted molar refractivity (Wildman–Crippen MR) is 104 cm³/mol. The topological polar surface area (TPSA) is 54.5 Å². The Balaban J connectivity index is 1.66. The molecule has 3 rings (SSSR count). The van der Waals surface area contributed by atoms with Crippen molar-refractivity contribution in [1.29, 1.82) is 0 Å². The number of amides is 1. The number of aromatic nitrogens is 1. The quantitative estimate of drug-likeness (QED) is 0.861. The average Bonchev–Trinajstić information content (AvgIpc) is 2.63. The van der Waals surface area contributed by atoms with Gasteiger partial charge in [0.1, 0.15) is 11.6 Å². The molecule has 1 fully saturated rings. The molecule has 0 atom stereocenters. The minimum Gasteiger partial charge on any atom is -0.491 e. The van der Waals surface area contributed by atoms with Crippen LogP contribution in [0.1, 0.15) is 44.0 Å². The highest BCUT2D eigenvalue weighted by Gasteiger charge is 2.21. The van der Waals surface area contributed by atoms with Gasteiger partial charge in [-0.3, -0.25) is 4.79 Å². The second-order valence-corrected chi connectivity index (χ2v) is 7.22. The van der Waals surface area contributed by atoms with Crippen LogP contribution in [0.4, 0.5) is 11.5 Å². The maximum Gasteiger partial charge on any atom is 0.254 e. The van der Waals surface area contributed by atoms with E-state index in [1.165, 1.54) is 0 Å². The molecule has 5 heteroatoms. The molecule has 138 valence electrons. The molecule has 1 N–H and O–H groups in total. The van der Waals surface area contributed by atoms with Gasteiger partial charge in [-0.25, -0.2) is 4.98 Å². The number of nitrogens with zero attached hydrogens (tertiary/aromatic N) is 2. The van der Waals surface area contributed by atoms with Crippen LogP contribution < -0.4 is 10.1 Å². The molecule has 0 bridgehead atoms. The van der Waals surface area contributed by atoms with Gasteiger partial charge in [0.05, 0.1) is 6.10 Å². The van der Waals surface area contributed by atoms with E-state index in [1.54, 1.807) is 12.3 Å². The number of hydrogen-bond acceptors (Lipinski definition) is 4. The largest absolute Gasteiger partial charge is 0.491 e. The number of likely N-dealkylation sites (tertiary alicyclic amines) is 1. The number of anilines is 2. The van der Waals surface area contributed by atoms with Crippen LogP contribution in [-0.2, 0) is 0 Å². The van der Waals surface area contributed by atoms with E-state index in [0.717, 1.165) is 37.4 Å². The van der Waals surface area contributed by atoms with Gasteiger partial charge in [0.2, 0.25) is 0 Å². The SMILES string of the molecule is CC1CCN(C(=O)c2ccnc(Nc3ccc(OC(C)C)cc3)c2)CC1. The summed E-state index contributed by atoms with van der Waals surface area (Å²) in [5.41, 5.74) is 1.59. The summed E-state index contributed by atoms with van der Waals surface area (Å²) >= 11 is 0. The second kappa shape index (κ2) is 8.21. The van der Waals surface area contributed by atoms with Crippen LogP contribution in [0.25, 0.3) is 0 Å². The molecular weight excluding hydrogens is 326 g/mol. The van der Waals surface area contributed by atoms with Crippen molar-refractivity contribution >= 4 is 17.4 Å². The van der Waals surface area contributed by atoms with Crippen molar-refractivity contribution < 1.29 is 9.53 Å². The smallest absolute Gasteiger partial charge is 0.254 e. The molecule has 0 aliphatic carbocycles. The first kappa shape index (κ1) is 18.2. The number of ether oxygens (including phenoxy) is 1.